The van der Waals surface area contributed by atoms with E-state index in [9.17, 15) is 14.0 Å². The number of hydrogen-bond donors (Lipinski definition) is 0. The monoisotopic (exact) mass is 364 g/mol. The Balaban J connectivity index is 2.45. The molecule has 2 aromatic carbocycles. The first kappa shape index (κ1) is 19.1. The van der Waals surface area contributed by atoms with Crippen molar-refractivity contribution in [1.82, 2.24) is 0 Å². The van der Waals surface area contributed by atoms with Gasteiger partial charge in [-0.15, -0.1) is 0 Å². The van der Waals surface area contributed by atoms with Gasteiger partial charge in [0.15, 0.2) is 5.78 Å². The highest BCUT2D eigenvalue weighted by atomic mass is 35.5. The molecule has 0 bridgehead atoms. The van der Waals surface area contributed by atoms with Crippen LogP contribution in [0.25, 0.3) is 0 Å². The number of benzene rings is 2. The van der Waals surface area contributed by atoms with Gasteiger partial charge in [0.05, 0.1) is 6.61 Å². The van der Waals surface area contributed by atoms with E-state index in [1.807, 2.05) is 0 Å². The van der Waals surface area contributed by atoms with Gasteiger partial charge in [0.2, 0.25) is 0 Å². The van der Waals surface area contributed by atoms with Gasteiger partial charge in [0.1, 0.15) is 18.3 Å². The van der Waals surface area contributed by atoms with E-state index in [2.05, 4.69) is 0 Å². The highest BCUT2D eigenvalue weighted by Crippen LogP contribution is 2.32. The van der Waals surface area contributed by atoms with Crippen LogP contribution in [0, 0.1) is 5.82 Å². The quantitative estimate of drug-likeness (QED) is 0.416. The smallest absolute Gasteiger partial charge is 0.313 e. The lowest BCUT2D eigenvalue weighted by molar-refractivity contribution is -0.141. The van der Waals surface area contributed by atoms with Crippen LogP contribution in [0.2, 0.25) is 5.02 Å². The van der Waals surface area contributed by atoms with E-state index in [4.69, 9.17) is 21.1 Å². The van der Waals surface area contributed by atoms with Crippen LogP contribution in [0.3, 0.4) is 0 Å². The Hall–Kier alpha value is -2.24. The zero-order valence-corrected chi connectivity index (χ0v) is 14.7. The Kier molecular flexibility index (Phi) is 6.67. The summed E-state index contributed by atoms with van der Waals surface area (Å²) < 4.78 is 24.4. The van der Waals surface area contributed by atoms with Crippen molar-refractivity contribution in [2.24, 2.45) is 0 Å². The number of carbonyl (C=O) groups excluding carboxylic acids is 2. The van der Waals surface area contributed by atoms with Crippen LogP contribution in [0.15, 0.2) is 42.5 Å². The predicted octanol–water partition coefficient (Wildman–Crippen LogP) is 4.35. The van der Waals surface area contributed by atoms with E-state index in [0.717, 1.165) is 0 Å². The Bertz CT molecular complexity index is 776. The summed E-state index contributed by atoms with van der Waals surface area (Å²) in [7, 11) is 1.41. The highest BCUT2D eigenvalue weighted by molar-refractivity contribution is 6.30. The van der Waals surface area contributed by atoms with Crippen molar-refractivity contribution in [3.63, 3.8) is 0 Å². The molecule has 0 aliphatic heterocycles. The highest BCUT2D eigenvalue weighted by Gasteiger charge is 2.24. The van der Waals surface area contributed by atoms with Crippen molar-refractivity contribution in [3.05, 3.63) is 70.0 Å². The zero-order valence-electron chi connectivity index (χ0n) is 13.9. The average Bonchev–Trinajstić information content (AvgIpc) is 2.57. The van der Waals surface area contributed by atoms with E-state index < -0.39 is 30.1 Å². The lowest BCUT2D eigenvalue weighted by Crippen LogP contribution is -2.16. The van der Waals surface area contributed by atoms with Gasteiger partial charge in [0, 0.05) is 23.3 Å². The summed E-state index contributed by atoms with van der Waals surface area (Å²) in [6.45, 7) is 1.85. The minimum Gasteiger partial charge on any atom is -0.466 e. The molecule has 0 N–H and O–H groups in total. The molecule has 0 saturated heterocycles. The minimum atomic E-state index is -0.832. The topological polar surface area (TPSA) is 52.6 Å². The molecule has 0 aromatic heterocycles. The number of methoxy groups -OCH3 is 1. The third-order valence-electron chi connectivity index (χ3n) is 3.63. The summed E-state index contributed by atoms with van der Waals surface area (Å²) in [5.41, 5.74) is 0.916. The maximum atomic E-state index is 14.2. The van der Waals surface area contributed by atoms with E-state index >= 15 is 0 Å². The molecule has 1 atom stereocenters. The average molecular weight is 365 g/mol. The number of rotatable bonds is 7. The molecule has 0 aliphatic rings. The van der Waals surface area contributed by atoms with Gasteiger partial charge in [-0.2, -0.15) is 0 Å². The van der Waals surface area contributed by atoms with Crippen molar-refractivity contribution < 1.29 is 23.5 Å². The first-order valence-corrected chi connectivity index (χ1v) is 8.11. The van der Waals surface area contributed by atoms with Crippen molar-refractivity contribution in [3.8, 4) is 0 Å². The fourth-order valence-corrected chi connectivity index (χ4v) is 2.73. The number of ketones is 1. The molecule has 2 rings (SSSR count). The second-order valence-electron chi connectivity index (χ2n) is 5.27. The second kappa shape index (κ2) is 8.74. The first-order valence-electron chi connectivity index (χ1n) is 7.73. The summed E-state index contributed by atoms with van der Waals surface area (Å²) in [6, 6.07) is 10.7. The number of halogens is 2. The van der Waals surface area contributed by atoms with Crippen molar-refractivity contribution in [2.45, 2.75) is 19.4 Å². The minimum absolute atomic E-state index is 0.190. The molecule has 0 heterocycles. The van der Waals surface area contributed by atoms with E-state index in [0.29, 0.717) is 10.6 Å². The molecule has 0 aliphatic carbocycles. The lowest BCUT2D eigenvalue weighted by atomic mass is 9.93. The third-order valence-corrected chi connectivity index (χ3v) is 3.87. The summed E-state index contributed by atoms with van der Waals surface area (Å²) in [4.78, 5) is 24.1. The fourth-order valence-electron chi connectivity index (χ4n) is 2.55. The summed E-state index contributed by atoms with van der Waals surface area (Å²) in [5, 5.41) is 0.376. The fraction of sp³-hybridized carbons (Fsp3) is 0.263. The third kappa shape index (κ3) is 4.65. The number of ether oxygens (including phenoxy) is 2. The Morgan fingerprint density at radius 1 is 1.16 bits per heavy atom. The molecule has 25 heavy (non-hydrogen) atoms. The second-order valence-corrected chi connectivity index (χ2v) is 5.71. The predicted molar refractivity (Wildman–Crippen MR) is 92.3 cm³/mol. The van der Waals surface area contributed by atoms with Crippen molar-refractivity contribution in [1.29, 1.82) is 0 Å². The molecule has 4 nitrogen and oxygen atoms in total. The van der Waals surface area contributed by atoms with Crippen LogP contribution < -0.4 is 0 Å². The van der Waals surface area contributed by atoms with Crippen LogP contribution in [0.5, 0.6) is 0 Å². The molecular weight excluding hydrogens is 347 g/mol. The lowest BCUT2D eigenvalue weighted by Gasteiger charge is -2.20. The molecule has 0 radical (unpaired) electrons. The number of carbonyl (C=O) groups is 2. The van der Waals surface area contributed by atoms with Crippen LogP contribution in [-0.4, -0.2) is 25.5 Å². The molecule has 0 fully saturated rings. The van der Waals surface area contributed by atoms with Crippen LogP contribution >= 0.6 is 11.6 Å². The standard InChI is InChI=1S/C19H18ClFO4/c1-3-25-18(23)11-17(22)13-9-8-12(20)10-15(13)19(24-2)14-6-4-5-7-16(14)21/h4-10,19H,3,11H2,1-2H3. The summed E-state index contributed by atoms with van der Waals surface area (Å²) in [6.07, 6.45) is -1.24. The van der Waals surface area contributed by atoms with Crippen molar-refractivity contribution in [2.75, 3.05) is 13.7 Å². The van der Waals surface area contributed by atoms with Gasteiger partial charge in [-0.25, -0.2) is 4.39 Å². The number of esters is 1. The van der Waals surface area contributed by atoms with Gasteiger partial charge in [-0.1, -0.05) is 29.8 Å². The molecule has 132 valence electrons. The van der Waals surface area contributed by atoms with E-state index in [1.54, 1.807) is 31.2 Å². The van der Waals surface area contributed by atoms with Gasteiger partial charge in [-0.3, -0.25) is 9.59 Å². The number of hydrogen-bond acceptors (Lipinski definition) is 4. The Morgan fingerprint density at radius 3 is 2.52 bits per heavy atom. The maximum Gasteiger partial charge on any atom is 0.313 e. The Labute approximate surface area is 150 Å². The van der Waals surface area contributed by atoms with Crippen LogP contribution in [0.1, 0.15) is 40.9 Å². The Morgan fingerprint density at radius 2 is 1.88 bits per heavy atom. The molecule has 0 spiro atoms. The van der Waals surface area contributed by atoms with E-state index in [-0.39, 0.29) is 17.7 Å². The largest absolute Gasteiger partial charge is 0.466 e. The van der Waals surface area contributed by atoms with Gasteiger partial charge in [-0.05, 0) is 36.8 Å². The molecule has 6 heteroatoms. The van der Waals surface area contributed by atoms with Crippen LogP contribution in [0.4, 0.5) is 4.39 Å². The maximum absolute atomic E-state index is 14.2. The molecule has 2 aromatic rings. The SMILES string of the molecule is CCOC(=O)CC(=O)c1ccc(Cl)cc1C(OC)c1ccccc1F. The van der Waals surface area contributed by atoms with Crippen molar-refractivity contribution >= 4 is 23.4 Å². The normalized spacial score (nSPS) is 11.8. The summed E-state index contributed by atoms with van der Waals surface area (Å²) >= 11 is 6.05. The number of Topliss-reactive ketones (excluding diaryl/α,β-unsaturated/α-hetero) is 1. The molecule has 1 unspecified atom stereocenters. The van der Waals surface area contributed by atoms with E-state index in [1.165, 1.54) is 25.3 Å². The molecular formula is C19H18ClFO4. The van der Waals surface area contributed by atoms with Gasteiger partial charge >= 0.3 is 5.97 Å². The van der Waals surface area contributed by atoms with Gasteiger partial charge < -0.3 is 9.47 Å². The van der Waals surface area contributed by atoms with Crippen LogP contribution in [-0.2, 0) is 14.3 Å². The molecule has 0 saturated carbocycles. The zero-order chi connectivity index (χ0) is 18.4. The molecule has 0 amide bonds. The summed E-state index contributed by atoms with van der Waals surface area (Å²) in [5.74, 6) is -1.52. The first-order chi connectivity index (χ1) is 12.0. The van der Waals surface area contributed by atoms with Gasteiger partial charge in [0.25, 0.3) is 0 Å².